The fourth-order valence-corrected chi connectivity index (χ4v) is 4.44. The molecule has 0 atom stereocenters. The van der Waals surface area contributed by atoms with E-state index in [9.17, 15) is 14.4 Å². The largest absolute Gasteiger partial charge is 0.476 e. The number of carbonyl (C=O) groups excluding carboxylic acids is 2. The number of nitrogens with zero attached hydrogens (tertiary/aromatic N) is 2. The second kappa shape index (κ2) is 9.82. The molecule has 2 amide bonds. The van der Waals surface area contributed by atoms with E-state index in [4.69, 9.17) is 9.52 Å². The van der Waals surface area contributed by atoms with E-state index >= 15 is 0 Å². The summed E-state index contributed by atoms with van der Waals surface area (Å²) in [6.07, 6.45) is 6.52. The monoisotopic (exact) mass is 469 g/mol. The molecule has 1 saturated carbocycles. The first-order chi connectivity index (χ1) is 15.9. The van der Waals surface area contributed by atoms with E-state index in [1.807, 2.05) is 19.1 Å². The SMILES string of the molecule is Cc1ccc(NC(=O)Nc2ncc(CNc3nc(C(=O)O)co3)s2)c(C(=O)C2CCCC2)c1. The highest BCUT2D eigenvalue weighted by Crippen LogP contribution is 2.31. The zero-order valence-corrected chi connectivity index (χ0v) is 18.7. The van der Waals surface area contributed by atoms with Crippen LogP contribution in [0.3, 0.4) is 0 Å². The van der Waals surface area contributed by atoms with Crippen LogP contribution in [0, 0.1) is 12.8 Å². The Morgan fingerprint density at radius 1 is 1.21 bits per heavy atom. The number of amides is 2. The number of nitrogens with one attached hydrogen (secondary N) is 3. The minimum absolute atomic E-state index is 0.0136. The maximum absolute atomic E-state index is 13.0. The Hall–Kier alpha value is -3.73. The topological polar surface area (TPSA) is 146 Å². The number of carbonyl (C=O) groups is 3. The van der Waals surface area contributed by atoms with Crippen molar-refractivity contribution >= 4 is 46.0 Å². The van der Waals surface area contributed by atoms with E-state index in [2.05, 4.69) is 25.9 Å². The third-order valence-electron chi connectivity index (χ3n) is 5.33. The fraction of sp³-hybridized carbons (Fsp3) is 0.318. The molecule has 10 nitrogen and oxygen atoms in total. The number of hydrogen-bond acceptors (Lipinski definition) is 8. The maximum Gasteiger partial charge on any atom is 0.357 e. The van der Waals surface area contributed by atoms with Gasteiger partial charge in [0.25, 0.3) is 6.01 Å². The second-order valence-corrected chi connectivity index (χ2v) is 8.92. The Labute approximate surface area is 193 Å². The summed E-state index contributed by atoms with van der Waals surface area (Å²) in [5.74, 6) is -1.09. The Balaban J connectivity index is 1.36. The lowest BCUT2D eigenvalue weighted by Crippen LogP contribution is -2.22. The number of anilines is 3. The Bertz CT molecular complexity index is 1180. The Morgan fingerprint density at radius 2 is 2.00 bits per heavy atom. The van der Waals surface area contributed by atoms with Gasteiger partial charge in [-0.2, -0.15) is 4.98 Å². The molecule has 0 unspecified atom stereocenters. The van der Waals surface area contributed by atoms with Crippen molar-refractivity contribution < 1.29 is 23.9 Å². The Morgan fingerprint density at radius 3 is 2.73 bits per heavy atom. The number of thiazole rings is 1. The standard InChI is InChI=1S/C22H23N5O5S/c1-12-6-7-16(15(8-12)18(28)13-4-2-3-5-13)25-20(31)27-22-24-10-14(33-22)9-23-21-26-17(11-32-21)19(29)30/h6-8,10-11,13H,2-5,9H2,1H3,(H,23,26)(H,29,30)(H2,24,25,27,31). The summed E-state index contributed by atoms with van der Waals surface area (Å²) in [6.45, 7) is 2.21. The minimum atomic E-state index is -1.18. The van der Waals surface area contributed by atoms with Crippen molar-refractivity contribution in [1.82, 2.24) is 9.97 Å². The highest BCUT2D eigenvalue weighted by atomic mass is 32.1. The van der Waals surface area contributed by atoms with Gasteiger partial charge >= 0.3 is 12.0 Å². The first-order valence-corrected chi connectivity index (χ1v) is 11.3. The molecule has 4 N–H and O–H groups in total. The minimum Gasteiger partial charge on any atom is -0.476 e. The van der Waals surface area contributed by atoms with Crippen molar-refractivity contribution in [3.8, 4) is 0 Å². The lowest BCUT2D eigenvalue weighted by Gasteiger charge is -2.14. The van der Waals surface area contributed by atoms with Crippen LogP contribution in [0.15, 0.2) is 35.1 Å². The predicted molar refractivity (Wildman–Crippen MR) is 123 cm³/mol. The normalized spacial score (nSPS) is 13.6. The number of Topliss-reactive ketones (excluding diaryl/α,β-unsaturated/α-hetero) is 1. The van der Waals surface area contributed by atoms with Gasteiger partial charge in [0.2, 0.25) is 0 Å². The number of aryl methyl sites for hydroxylation is 1. The average Bonchev–Trinajstić information content (AvgIpc) is 3.55. The summed E-state index contributed by atoms with van der Waals surface area (Å²) in [6, 6.07) is 5.00. The van der Waals surface area contributed by atoms with Gasteiger partial charge in [-0.25, -0.2) is 14.6 Å². The van der Waals surface area contributed by atoms with E-state index in [0.29, 0.717) is 22.9 Å². The zero-order chi connectivity index (χ0) is 23.4. The third kappa shape index (κ3) is 5.55. The van der Waals surface area contributed by atoms with Crippen molar-refractivity contribution in [2.75, 3.05) is 16.0 Å². The molecule has 1 fully saturated rings. The molecule has 0 spiro atoms. The van der Waals surface area contributed by atoms with Crippen molar-refractivity contribution in [2.24, 2.45) is 5.92 Å². The van der Waals surface area contributed by atoms with Crippen LogP contribution >= 0.6 is 11.3 Å². The quantitative estimate of drug-likeness (QED) is 0.345. The molecule has 2 aromatic heterocycles. The first-order valence-electron chi connectivity index (χ1n) is 10.5. The van der Waals surface area contributed by atoms with Crippen molar-refractivity contribution in [3.63, 3.8) is 0 Å². The molecule has 172 valence electrons. The van der Waals surface area contributed by atoms with Gasteiger partial charge in [-0.15, -0.1) is 0 Å². The zero-order valence-electron chi connectivity index (χ0n) is 17.9. The Kier molecular flexibility index (Phi) is 6.68. The van der Waals surface area contributed by atoms with Crippen LogP contribution < -0.4 is 16.0 Å². The van der Waals surface area contributed by atoms with Crippen LogP contribution in [-0.2, 0) is 6.54 Å². The molecule has 0 saturated heterocycles. The number of oxazole rings is 1. The van der Waals surface area contributed by atoms with Crippen LogP contribution in [0.25, 0.3) is 0 Å². The molecule has 1 aliphatic rings. The molecule has 33 heavy (non-hydrogen) atoms. The summed E-state index contributed by atoms with van der Waals surface area (Å²) in [7, 11) is 0. The highest BCUT2D eigenvalue weighted by molar-refractivity contribution is 7.15. The fourth-order valence-electron chi connectivity index (χ4n) is 3.69. The number of rotatable bonds is 8. The van der Waals surface area contributed by atoms with E-state index in [1.165, 1.54) is 11.3 Å². The number of hydrogen-bond donors (Lipinski definition) is 4. The molecule has 2 heterocycles. The van der Waals surface area contributed by atoms with Crippen molar-refractivity contribution in [3.05, 3.63) is 52.4 Å². The smallest absolute Gasteiger partial charge is 0.357 e. The highest BCUT2D eigenvalue weighted by Gasteiger charge is 2.26. The van der Waals surface area contributed by atoms with Gasteiger partial charge in [-0.1, -0.05) is 35.8 Å². The first kappa shape index (κ1) is 22.5. The van der Waals surface area contributed by atoms with Gasteiger partial charge in [-0.05, 0) is 31.9 Å². The number of urea groups is 1. The molecule has 0 bridgehead atoms. The van der Waals surface area contributed by atoms with Gasteiger partial charge in [-0.3, -0.25) is 10.1 Å². The van der Waals surface area contributed by atoms with E-state index in [1.54, 1.807) is 12.3 Å². The van der Waals surface area contributed by atoms with E-state index in [-0.39, 0.29) is 23.4 Å². The summed E-state index contributed by atoms with van der Waals surface area (Å²) in [5.41, 5.74) is 1.78. The molecule has 11 heteroatoms. The number of ketones is 1. The summed E-state index contributed by atoms with van der Waals surface area (Å²) in [4.78, 5) is 45.1. The van der Waals surface area contributed by atoms with Crippen LogP contribution in [0.1, 0.15) is 57.0 Å². The molecule has 3 aromatic rings. The maximum atomic E-state index is 13.0. The van der Waals surface area contributed by atoms with Gasteiger partial charge in [0.05, 0.1) is 12.2 Å². The molecule has 4 rings (SSSR count). The number of aromatic carboxylic acids is 1. The van der Waals surface area contributed by atoms with Crippen LogP contribution in [-0.4, -0.2) is 32.9 Å². The second-order valence-electron chi connectivity index (χ2n) is 7.80. The number of carboxylic acid groups (broad SMARTS) is 1. The van der Waals surface area contributed by atoms with E-state index < -0.39 is 12.0 Å². The lowest BCUT2D eigenvalue weighted by atomic mass is 9.94. The van der Waals surface area contributed by atoms with Crippen LogP contribution in [0.5, 0.6) is 0 Å². The van der Waals surface area contributed by atoms with Crippen LogP contribution in [0.4, 0.5) is 21.6 Å². The van der Waals surface area contributed by atoms with Gasteiger partial charge in [0.15, 0.2) is 16.6 Å². The number of carboxylic acids is 1. The molecule has 0 aliphatic heterocycles. The predicted octanol–water partition coefficient (Wildman–Crippen LogP) is 4.77. The summed E-state index contributed by atoms with van der Waals surface area (Å²) >= 11 is 1.24. The van der Waals surface area contributed by atoms with Gasteiger partial charge in [0.1, 0.15) is 6.26 Å². The summed E-state index contributed by atoms with van der Waals surface area (Å²) < 4.78 is 5.03. The molecule has 1 aliphatic carbocycles. The molecule has 0 radical (unpaired) electrons. The summed E-state index contributed by atoms with van der Waals surface area (Å²) in [5, 5.41) is 17.6. The van der Waals surface area contributed by atoms with Crippen molar-refractivity contribution in [1.29, 1.82) is 0 Å². The number of aromatic nitrogens is 2. The molecular weight excluding hydrogens is 446 g/mol. The molecular formula is C22H23N5O5S. The average molecular weight is 470 g/mol. The third-order valence-corrected chi connectivity index (χ3v) is 6.24. The van der Waals surface area contributed by atoms with E-state index in [0.717, 1.165) is 42.4 Å². The lowest BCUT2D eigenvalue weighted by molar-refractivity contribution is 0.0690. The molecule has 1 aromatic carbocycles. The van der Waals surface area contributed by atoms with Gasteiger partial charge < -0.3 is 20.2 Å². The van der Waals surface area contributed by atoms with Crippen LogP contribution in [0.2, 0.25) is 0 Å². The number of benzene rings is 1. The van der Waals surface area contributed by atoms with Crippen molar-refractivity contribution in [2.45, 2.75) is 39.2 Å². The van der Waals surface area contributed by atoms with Gasteiger partial charge in [0, 0.05) is 22.6 Å².